The van der Waals surface area contributed by atoms with Crippen molar-refractivity contribution in [3.8, 4) is 0 Å². The number of likely N-dealkylation sites (N-methyl/N-ethyl adjacent to an activating group) is 1. The number of piperazine rings is 1. The van der Waals surface area contributed by atoms with Gasteiger partial charge in [-0.05, 0) is 114 Å². The maximum atomic E-state index is 14.7. The number of hydrogen-bond donors (Lipinski definition) is 4. The van der Waals surface area contributed by atoms with Gasteiger partial charge in [0.15, 0.2) is 6.61 Å². The van der Waals surface area contributed by atoms with Gasteiger partial charge in [-0.2, -0.15) is 0 Å². The smallest absolute Gasteiger partial charge is 0.329 e. The second-order valence-corrected chi connectivity index (χ2v) is 25.7. The Morgan fingerprint density at radius 2 is 1.60 bits per heavy atom. The number of aliphatic hydroxyl groups excluding tert-OH is 3. The summed E-state index contributed by atoms with van der Waals surface area (Å²) in [4.78, 5) is 80.3. The van der Waals surface area contributed by atoms with Crippen molar-refractivity contribution in [3.05, 3.63) is 65.1 Å². The van der Waals surface area contributed by atoms with Gasteiger partial charge in [-0.3, -0.25) is 14.4 Å². The predicted molar refractivity (Wildman–Crippen MR) is 325 cm³/mol. The number of nitrogens with zero attached hydrogens (tertiary/aromatic N) is 7. The van der Waals surface area contributed by atoms with Crippen LogP contribution in [0.15, 0.2) is 59.0 Å². The minimum Gasteiger partial charge on any atom is -0.460 e. The summed E-state index contributed by atoms with van der Waals surface area (Å²) >= 11 is 0. The lowest BCUT2D eigenvalue weighted by molar-refractivity contribution is -0.265. The van der Waals surface area contributed by atoms with Gasteiger partial charge < -0.3 is 68.5 Å². The Morgan fingerprint density at radius 3 is 2.33 bits per heavy atom. The van der Waals surface area contributed by atoms with E-state index < -0.39 is 84.1 Å². The predicted octanol–water partition coefficient (Wildman–Crippen LogP) is 5.90. The Hall–Kier alpha value is -4.97. The molecule has 7 rings (SSSR count). The van der Waals surface area contributed by atoms with Crippen LogP contribution in [0, 0.1) is 35.5 Å². The molecule has 1 aromatic rings. The number of ketones is 1. The molecule has 1 aromatic heterocycles. The fourth-order valence-corrected chi connectivity index (χ4v) is 13.3. The molecule has 4 fully saturated rings. The summed E-state index contributed by atoms with van der Waals surface area (Å²) in [6, 6.07) is -1.14. The average Bonchev–Trinajstić information content (AvgIpc) is 1.30. The van der Waals surface area contributed by atoms with Crippen LogP contribution < -0.4 is 4.90 Å². The summed E-state index contributed by atoms with van der Waals surface area (Å²) < 4.78 is 30.3. The second-order valence-electron chi connectivity index (χ2n) is 25.7. The number of allylic oxidation sites excluding steroid dienone is 5. The van der Waals surface area contributed by atoms with Crippen molar-refractivity contribution < 1.29 is 68.1 Å². The minimum absolute atomic E-state index is 0.00123. The van der Waals surface area contributed by atoms with E-state index in [1.807, 2.05) is 58.2 Å². The number of piperidine rings is 1. The van der Waals surface area contributed by atoms with Gasteiger partial charge in [0.25, 0.3) is 17.6 Å². The number of carbonyl (C=O) groups is 4. The molecule has 1 saturated carbocycles. The van der Waals surface area contributed by atoms with E-state index in [-0.39, 0.29) is 61.7 Å². The fourth-order valence-electron chi connectivity index (χ4n) is 13.3. The summed E-state index contributed by atoms with van der Waals surface area (Å²) in [5.74, 6) is -6.69. The van der Waals surface area contributed by atoms with Gasteiger partial charge in [-0.25, -0.2) is 14.8 Å². The lowest BCUT2D eigenvalue weighted by atomic mass is 9.78. The van der Waals surface area contributed by atoms with Crippen molar-refractivity contribution in [1.82, 2.24) is 24.7 Å². The van der Waals surface area contributed by atoms with Crippen molar-refractivity contribution in [2.24, 2.45) is 40.7 Å². The van der Waals surface area contributed by atoms with Crippen molar-refractivity contribution in [2.75, 3.05) is 79.2 Å². The lowest BCUT2D eigenvalue weighted by Crippen LogP contribution is -2.61. The third-order valence-electron chi connectivity index (χ3n) is 19.1. The van der Waals surface area contributed by atoms with Gasteiger partial charge in [-0.1, -0.05) is 76.2 Å². The summed E-state index contributed by atoms with van der Waals surface area (Å²) in [5.41, 5.74) is 3.57. The molecule has 0 spiro atoms. The van der Waals surface area contributed by atoms with E-state index in [1.165, 1.54) is 12.0 Å². The van der Waals surface area contributed by atoms with E-state index in [4.69, 9.17) is 33.5 Å². The van der Waals surface area contributed by atoms with Gasteiger partial charge in [-0.15, -0.1) is 0 Å². The molecule has 2 amide bonds. The fraction of sp³-hybridized carbons (Fsp3) is 0.738. The molecule has 21 nitrogen and oxygen atoms in total. The number of cyclic esters (lactones) is 1. The Kier molecular flexibility index (Phi) is 25.5. The molecule has 86 heavy (non-hydrogen) atoms. The molecule has 480 valence electrons. The number of esters is 1. The highest BCUT2D eigenvalue weighted by molar-refractivity contribution is 6.39. The zero-order valence-corrected chi connectivity index (χ0v) is 53.1. The molecule has 0 unspecified atom stereocenters. The minimum atomic E-state index is -2.44. The van der Waals surface area contributed by atoms with Crippen LogP contribution in [0.2, 0.25) is 0 Å². The third-order valence-corrected chi connectivity index (χ3v) is 19.1. The van der Waals surface area contributed by atoms with E-state index in [9.17, 15) is 39.6 Å². The molecular weight excluding hydrogens is 1100 g/mol. The monoisotopic (exact) mass is 1200 g/mol. The van der Waals surface area contributed by atoms with Crippen molar-refractivity contribution in [3.63, 3.8) is 0 Å². The first-order valence-electron chi connectivity index (χ1n) is 31.6. The molecule has 2 bridgehead atoms. The number of Topliss-reactive ketones (excluding diaryl/α,β-unsaturated/α-hetero) is 1. The third kappa shape index (κ3) is 17.7. The molecule has 21 heteroatoms. The van der Waals surface area contributed by atoms with Crippen LogP contribution in [0.25, 0.3) is 0 Å². The van der Waals surface area contributed by atoms with Crippen molar-refractivity contribution in [2.45, 2.75) is 199 Å². The number of anilines is 1. The van der Waals surface area contributed by atoms with Crippen LogP contribution in [0.4, 0.5) is 5.95 Å². The highest BCUT2D eigenvalue weighted by Crippen LogP contribution is 2.38. The first-order chi connectivity index (χ1) is 41.0. The van der Waals surface area contributed by atoms with Crippen molar-refractivity contribution in [1.29, 1.82) is 0 Å². The average molecular weight is 1200 g/mol. The maximum Gasteiger partial charge on any atom is 0.329 e. The van der Waals surface area contributed by atoms with Crippen LogP contribution in [0.1, 0.15) is 137 Å². The van der Waals surface area contributed by atoms with Gasteiger partial charge in [0, 0.05) is 116 Å². The maximum absolute atomic E-state index is 14.7. The zero-order valence-electron chi connectivity index (χ0n) is 53.1. The van der Waals surface area contributed by atoms with Crippen molar-refractivity contribution >= 4 is 35.2 Å². The molecule has 0 radical (unpaired) electrons. The van der Waals surface area contributed by atoms with E-state index in [0.717, 1.165) is 49.4 Å². The van der Waals surface area contributed by atoms with E-state index in [0.29, 0.717) is 94.5 Å². The molecule has 5 aliphatic heterocycles. The molecule has 0 aromatic carbocycles. The molecule has 16 atom stereocenters. The number of carbonyl (C=O) groups excluding carboxylic acids is 4. The second kappa shape index (κ2) is 32.0. The first-order valence-corrected chi connectivity index (χ1v) is 31.6. The standard InChI is InChI=1S/C65H101N7O14/c1-40-17-13-12-14-18-41(2)54(81-9)35-49-22-20-46(7)65(80,86-49)61(77)62(78)72-25-16-15-19-51(72)63(79)85-55(43(4)33-47-21-23-52(73)56(34-47)82-10)36-53(74)42(3)32-45(6)59(76)60(83-11)58(44(5)31-40)68-84-39-57(75)71-26-24-50-48(38-71)37-66-64(67-50)70-29-27-69(8)28-30-70/h12-14,17-18,32,37,40,42-44,46-47,49,51-56,59-60,73-74,76,80H,15-16,19-31,33-36,38-39H2,1-11H3/b14-12?,17-13+,41-18?,45-32+,68-58+/t40-,42-,43-,44-,46-,47+,49+,51+,52-,53-,54+,55+,56-,59-,60+,65-/m1/s1. The highest BCUT2D eigenvalue weighted by atomic mass is 16.6. The van der Waals surface area contributed by atoms with Crippen LogP contribution >= 0.6 is 0 Å². The van der Waals surface area contributed by atoms with Gasteiger partial charge >= 0.3 is 5.97 Å². The SMILES string of the molecule is CO[C@H]1C[C@@H]2CC[C@@H](C)[C@@](O)(O2)C(=O)C(=O)N2CCCC[C@H]2C(=O)O[C@H]([C@H](C)C[C@@H]2CC[C@@H](O)[C@H](OC)C2)C[C@@H](O)[C@H](C)/C=C(\C)[C@@H](O)[C@@H](OC)/C(=N/OCC(=O)N2CCc3nc(N4CCN(C)CC4)ncc3C2)[C@H](C)C[C@H](C)/C=C/C=CC=C1C. The van der Waals surface area contributed by atoms with Gasteiger partial charge in [0.1, 0.15) is 24.4 Å². The Balaban J connectivity index is 1.16. The topological polar surface area (TPSA) is 256 Å². The number of rotatable bonds is 10. The zero-order chi connectivity index (χ0) is 62.4. The number of oxime groups is 1. The molecule has 1 aliphatic carbocycles. The van der Waals surface area contributed by atoms with Gasteiger partial charge in [0.2, 0.25) is 11.7 Å². The molecule has 3 saturated heterocycles. The number of ether oxygens (including phenoxy) is 5. The number of amides is 2. The molecule has 4 N–H and O–H groups in total. The number of methoxy groups -OCH3 is 3. The Bertz CT molecular complexity index is 2590. The number of fused-ring (bicyclic) bond motifs is 4. The number of aliphatic hydroxyl groups is 4. The van der Waals surface area contributed by atoms with Crippen LogP contribution in [-0.4, -0.2) is 209 Å². The first kappa shape index (κ1) is 68.5. The Morgan fingerprint density at radius 1 is 0.849 bits per heavy atom. The summed E-state index contributed by atoms with van der Waals surface area (Å²) in [7, 11) is 6.76. The summed E-state index contributed by atoms with van der Waals surface area (Å²) in [6.07, 6.45) is 13.2. The lowest BCUT2D eigenvalue weighted by Gasteiger charge is -2.43. The van der Waals surface area contributed by atoms with Crippen LogP contribution in [0.5, 0.6) is 0 Å². The Labute approximate surface area is 510 Å². The molecule has 6 heterocycles. The molecule has 6 aliphatic rings. The summed E-state index contributed by atoms with van der Waals surface area (Å²) in [6.45, 7) is 17.3. The number of hydrogen-bond acceptors (Lipinski definition) is 19. The van der Waals surface area contributed by atoms with E-state index >= 15 is 0 Å². The largest absolute Gasteiger partial charge is 0.460 e. The van der Waals surface area contributed by atoms with Crippen LogP contribution in [0.3, 0.4) is 0 Å². The van der Waals surface area contributed by atoms with Crippen LogP contribution in [-0.2, 0) is 60.7 Å². The highest BCUT2D eigenvalue weighted by Gasteiger charge is 2.53. The van der Waals surface area contributed by atoms with E-state index in [1.54, 1.807) is 39.0 Å². The van der Waals surface area contributed by atoms with E-state index in [2.05, 4.69) is 40.0 Å². The van der Waals surface area contributed by atoms with Gasteiger partial charge in [0.05, 0.1) is 41.9 Å². The number of aromatic nitrogens is 2. The molecular formula is C65H101N7O14. The summed E-state index contributed by atoms with van der Waals surface area (Å²) in [5, 5.41) is 51.8. The normalized spacial score (nSPS) is 35.8. The quantitative estimate of drug-likeness (QED) is 0.0920.